The van der Waals surface area contributed by atoms with Crippen molar-refractivity contribution in [2.24, 2.45) is 0 Å². The fraction of sp³-hybridized carbons (Fsp3) is 0.333. The third-order valence-electron chi connectivity index (χ3n) is 5.31. The van der Waals surface area contributed by atoms with E-state index in [1.54, 1.807) is 37.3 Å². The van der Waals surface area contributed by atoms with Crippen LogP contribution in [0.25, 0.3) is 6.08 Å². The fourth-order valence-electron chi connectivity index (χ4n) is 3.42. The summed E-state index contributed by atoms with van der Waals surface area (Å²) in [6.45, 7) is 4.20. The van der Waals surface area contributed by atoms with Crippen LogP contribution in [0.1, 0.15) is 28.4 Å². The molecular formula is C24H28N2O4. The second-order valence-corrected chi connectivity index (χ2v) is 7.12. The van der Waals surface area contributed by atoms with Gasteiger partial charge in [0.25, 0.3) is 5.91 Å². The van der Waals surface area contributed by atoms with Gasteiger partial charge in [-0.15, -0.1) is 0 Å². The number of carbonyl (C=O) groups excluding carboxylic acids is 2. The molecule has 2 amide bonds. The van der Waals surface area contributed by atoms with Gasteiger partial charge in [-0.05, 0) is 47.9 Å². The van der Waals surface area contributed by atoms with Crippen molar-refractivity contribution in [3.8, 4) is 11.5 Å². The topological polar surface area (TPSA) is 59.1 Å². The van der Waals surface area contributed by atoms with Crippen molar-refractivity contribution in [1.29, 1.82) is 0 Å². The molecule has 1 aliphatic heterocycles. The van der Waals surface area contributed by atoms with Gasteiger partial charge in [-0.3, -0.25) is 9.59 Å². The molecule has 0 aliphatic carbocycles. The quantitative estimate of drug-likeness (QED) is 0.689. The Morgan fingerprint density at radius 2 is 1.53 bits per heavy atom. The highest BCUT2D eigenvalue weighted by Crippen LogP contribution is 2.28. The van der Waals surface area contributed by atoms with E-state index in [1.165, 1.54) is 5.56 Å². The van der Waals surface area contributed by atoms with Crippen LogP contribution in [0, 0.1) is 0 Å². The maximum atomic E-state index is 12.7. The highest BCUT2D eigenvalue weighted by atomic mass is 16.5. The number of piperazine rings is 1. The van der Waals surface area contributed by atoms with Crippen molar-refractivity contribution in [2.75, 3.05) is 40.4 Å². The molecule has 2 aromatic carbocycles. The molecule has 0 N–H and O–H groups in total. The van der Waals surface area contributed by atoms with E-state index in [9.17, 15) is 9.59 Å². The average Bonchev–Trinajstić information content (AvgIpc) is 2.82. The van der Waals surface area contributed by atoms with E-state index in [0.717, 1.165) is 12.0 Å². The van der Waals surface area contributed by atoms with Crippen molar-refractivity contribution >= 4 is 17.9 Å². The predicted octanol–water partition coefficient (Wildman–Crippen LogP) is 3.26. The van der Waals surface area contributed by atoms with Crippen molar-refractivity contribution in [2.45, 2.75) is 13.3 Å². The van der Waals surface area contributed by atoms with Gasteiger partial charge in [-0.1, -0.05) is 25.1 Å². The van der Waals surface area contributed by atoms with Crippen LogP contribution in [-0.2, 0) is 11.2 Å². The number of hydrogen-bond donors (Lipinski definition) is 0. The zero-order valence-electron chi connectivity index (χ0n) is 17.8. The zero-order chi connectivity index (χ0) is 21.5. The lowest BCUT2D eigenvalue weighted by atomic mass is 10.1. The van der Waals surface area contributed by atoms with Crippen LogP contribution in [0.3, 0.4) is 0 Å². The molecule has 0 saturated carbocycles. The Morgan fingerprint density at radius 1 is 0.900 bits per heavy atom. The van der Waals surface area contributed by atoms with E-state index in [2.05, 4.69) is 6.92 Å². The standard InChI is InChI=1S/C24H28N2O4/c1-4-18-5-9-20(10-6-18)24(28)26-15-13-25(14-16-26)23(27)12-8-19-7-11-21(29-2)22(17-19)30-3/h5-12,17H,4,13-16H2,1-3H3/b12-8+. The minimum Gasteiger partial charge on any atom is -0.493 e. The number of aryl methyl sites for hydroxylation is 1. The first-order chi connectivity index (χ1) is 14.5. The maximum Gasteiger partial charge on any atom is 0.253 e. The Balaban J connectivity index is 1.56. The summed E-state index contributed by atoms with van der Waals surface area (Å²) in [7, 11) is 3.16. The Morgan fingerprint density at radius 3 is 2.13 bits per heavy atom. The molecule has 0 aromatic heterocycles. The molecule has 1 saturated heterocycles. The van der Waals surface area contributed by atoms with Gasteiger partial charge in [0.2, 0.25) is 5.91 Å². The van der Waals surface area contributed by atoms with Gasteiger partial charge in [0.1, 0.15) is 0 Å². The first-order valence-electron chi connectivity index (χ1n) is 10.1. The molecule has 0 bridgehead atoms. The van der Waals surface area contributed by atoms with Gasteiger partial charge in [-0.25, -0.2) is 0 Å². The van der Waals surface area contributed by atoms with Crippen LogP contribution in [0.15, 0.2) is 48.5 Å². The van der Waals surface area contributed by atoms with Crippen molar-refractivity contribution in [3.63, 3.8) is 0 Å². The minimum absolute atomic E-state index is 0.0191. The summed E-state index contributed by atoms with van der Waals surface area (Å²) in [4.78, 5) is 28.8. The molecule has 0 unspecified atom stereocenters. The lowest BCUT2D eigenvalue weighted by Gasteiger charge is -2.34. The number of benzene rings is 2. The normalized spacial score (nSPS) is 14.1. The molecule has 6 heteroatoms. The SMILES string of the molecule is CCc1ccc(C(=O)N2CCN(C(=O)/C=C/c3ccc(OC)c(OC)c3)CC2)cc1. The van der Waals surface area contributed by atoms with Crippen molar-refractivity contribution < 1.29 is 19.1 Å². The number of ether oxygens (including phenoxy) is 2. The predicted molar refractivity (Wildman–Crippen MR) is 117 cm³/mol. The smallest absolute Gasteiger partial charge is 0.253 e. The van der Waals surface area contributed by atoms with Crippen LogP contribution < -0.4 is 9.47 Å². The summed E-state index contributed by atoms with van der Waals surface area (Å²) >= 11 is 0. The van der Waals surface area contributed by atoms with Gasteiger partial charge in [0.05, 0.1) is 14.2 Å². The molecule has 1 heterocycles. The van der Waals surface area contributed by atoms with E-state index in [0.29, 0.717) is 43.2 Å². The number of nitrogens with zero attached hydrogens (tertiary/aromatic N) is 2. The van der Waals surface area contributed by atoms with Crippen molar-refractivity contribution in [3.05, 3.63) is 65.2 Å². The van der Waals surface area contributed by atoms with Crippen molar-refractivity contribution in [1.82, 2.24) is 9.80 Å². The van der Waals surface area contributed by atoms with Gasteiger partial charge in [0, 0.05) is 37.8 Å². The van der Waals surface area contributed by atoms with Crippen LogP contribution in [0.4, 0.5) is 0 Å². The van der Waals surface area contributed by atoms with E-state index >= 15 is 0 Å². The number of methoxy groups -OCH3 is 2. The lowest BCUT2D eigenvalue weighted by Crippen LogP contribution is -2.50. The zero-order valence-corrected chi connectivity index (χ0v) is 17.8. The monoisotopic (exact) mass is 408 g/mol. The summed E-state index contributed by atoms with van der Waals surface area (Å²) in [5.41, 5.74) is 2.76. The molecular weight excluding hydrogens is 380 g/mol. The Bertz CT molecular complexity index is 913. The minimum atomic E-state index is -0.0656. The molecule has 30 heavy (non-hydrogen) atoms. The van der Waals surface area contributed by atoms with E-state index in [1.807, 2.05) is 41.3 Å². The Hall–Kier alpha value is -3.28. The summed E-state index contributed by atoms with van der Waals surface area (Å²) in [5.74, 6) is 1.21. The summed E-state index contributed by atoms with van der Waals surface area (Å²) in [5, 5.41) is 0. The molecule has 3 rings (SSSR count). The average molecular weight is 408 g/mol. The number of carbonyl (C=O) groups is 2. The first-order valence-corrected chi connectivity index (χ1v) is 10.1. The third kappa shape index (κ3) is 5.00. The molecule has 0 spiro atoms. The Kier molecular flexibility index (Phi) is 7.12. The van der Waals surface area contributed by atoms with Crippen LogP contribution >= 0.6 is 0 Å². The van der Waals surface area contributed by atoms with E-state index in [-0.39, 0.29) is 11.8 Å². The fourth-order valence-corrected chi connectivity index (χ4v) is 3.42. The molecule has 2 aromatic rings. The molecule has 1 fully saturated rings. The highest BCUT2D eigenvalue weighted by Gasteiger charge is 2.23. The number of amides is 2. The number of hydrogen-bond acceptors (Lipinski definition) is 4. The van der Waals surface area contributed by atoms with Crippen LogP contribution in [-0.4, -0.2) is 62.0 Å². The largest absolute Gasteiger partial charge is 0.493 e. The molecule has 0 radical (unpaired) electrons. The number of rotatable bonds is 6. The lowest BCUT2D eigenvalue weighted by molar-refractivity contribution is -0.127. The molecule has 0 atom stereocenters. The van der Waals surface area contributed by atoms with E-state index in [4.69, 9.17) is 9.47 Å². The maximum absolute atomic E-state index is 12.7. The molecule has 158 valence electrons. The summed E-state index contributed by atoms with van der Waals surface area (Å²) in [6, 6.07) is 13.2. The first kappa shape index (κ1) is 21.4. The van der Waals surface area contributed by atoms with Gasteiger partial charge >= 0.3 is 0 Å². The molecule has 6 nitrogen and oxygen atoms in total. The third-order valence-corrected chi connectivity index (χ3v) is 5.31. The summed E-state index contributed by atoms with van der Waals surface area (Å²) in [6.07, 6.45) is 4.27. The summed E-state index contributed by atoms with van der Waals surface area (Å²) < 4.78 is 10.5. The second kappa shape index (κ2) is 9.96. The Labute approximate surface area is 177 Å². The second-order valence-electron chi connectivity index (χ2n) is 7.12. The highest BCUT2D eigenvalue weighted by molar-refractivity contribution is 5.95. The van der Waals surface area contributed by atoms with E-state index < -0.39 is 0 Å². The van der Waals surface area contributed by atoms with Crippen LogP contribution in [0.5, 0.6) is 11.5 Å². The van der Waals surface area contributed by atoms with Crippen LogP contribution in [0.2, 0.25) is 0 Å². The van der Waals surface area contributed by atoms with Gasteiger partial charge in [0.15, 0.2) is 11.5 Å². The molecule has 1 aliphatic rings. The van der Waals surface area contributed by atoms with Gasteiger partial charge < -0.3 is 19.3 Å². The van der Waals surface area contributed by atoms with Gasteiger partial charge in [-0.2, -0.15) is 0 Å².